The van der Waals surface area contributed by atoms with Crippen molar-refractivity contribution in [3.8, 4) is 0 Å². The van der Waals surface area contributed by atoms with Crippen molar-refractivity contribution in [2.75, 3.05) is 23.9 Å². The fraction of sp³-hybridized carbons (Fsp3) is 0.385. The lowest BCUT2D eigenvalue weighted by Crippen LogP contribution is -2.40. The highest BCUT2D eigenvalue weighted by molar-refractivity contribution is 7.99. The summed E-state index contributed by atoms with van der Waals surface area (Å²) in [4.78, 5) is 24.6. The number of para-hydroxylation sites is 1. The largest absolute Gasteiger partial charge is 0.478 e. The van der Waals surface area contributed by atoms with Crippen LogP contribution in [0.3, 0.4) is 0 Å². The predicted octanol–water partition coefficient (Wildman–Crippen LogP) is 2.49. The van der Waals surface area contributed by atoms with E-state index in [9.17, 15) is 14.0 Å². The summed E-state index contributed by atoms with van der Waals surface area (Å²) in [5.41, 5.74) is -0.546. The van der Waals surface area contributed by atoms with Crippen LogP contribution < -0.4 is 5.32 Å². The fourth-order valence-electron chi connectivity index (χ4n) is 2.02. The van der Waals surface area contributed by atoms with Crippen molar-refractivity contribution in [1.82, 2.24) is 4.90 Å². The first-order chi connectivity index (χ1) is 9.50. The number of carboxylic acid groups (broad SMARTS) is 1. The Bertz CT molecular complexity index is 532. The molecule has 2 rings (SSSR count). The molecule has 5 nitrogen and oxygen atoms in total. The van der Waals surface area contributed by atoms with Gasteiger partial charge < -0.3 is 15.3 Å². The Morgan fingerprint density at radius 2 is 2.25 bits per heavy atom. The van der Waals surface area contributed by atoms with Crippen LogP contribution in [0, 0.1) is 5.82 Å². The Kier molecular flexibility index (Phi) is 4.49. The van der Waals surface area contributed by atoms with Gasteiger partial charge in [0.05, 0.1) is 11.3 Å². The van der Waals surface area contributed by atoms with Crippen LogP contribution in [0.5, 0.6) is 0 Å². The zero-order valence-electron chi connectivity index (χ0n) is 10.9. The summed E-state index contributed by atoms with van der Waals surface area (Å²) in [5.74, 6) is -0.207. The van der Waals surface area contributed by atoms with Crippen LogP contribution in [-0.2, 0) is 0 Å². The molecular formula is C13H15FN2O3S. The Morgan fingerprint density at radius 3 is 2.85 bits per heavy atom. The lowest BCUT2D eigenvalue weighted by molar-refractivity contribution is 0.0697. The van der Waals surface area contributed by atoms with E-state index in [1.165, 1.54) is 17.0 Å². The Balaban J connectivity index is 2.16. The average Bonchev–Trinajstić information content (AvgIpc) is 2.93. The maximum Gasteiger partial charge on any atom is 0.337 e. The van der Waals surface area contributed by atoms with Crippen LogP contribution in [0.1, 0.15) is 16.8 Å². The molecule has 108 valence electrons. The number of halogens is 1. The Hall–Kier alpha value is -1.76. The van der Waals surface area contributed by atoms with Crippen molar-refractivity contribution in [3.05, 3.63) is 29.6 Å². The number of rotatable bonds is 3. The van der Waals surface area contributed by atoms with E-state index in [2.05, 4.69) is 5.32 Å². The zero-order valence-corrected chi connectivity index (χ0v) is 11.7. The normalized spacial score (nSPS) is 17.8. The number of carboxylic acids is 1. The van der Waals surface area contributed by atoms with Crippen molar-refractivity contribution in [1.29, 1.82) is 0 Å². The first-order valence-electron chi connectivity index (χ1n) is 6.14. The summed E-state index contributed by atoms with van der Waals surface area (Å²) >= 11 is 1.76. The summed E-state index contributed by atoms with van der Waals surface area (Å²) in [6.45, 7) is 0. The third kappa shape index (κ3) is 3.04. The maximum absolute atomic E-state index is 13.7. The van der Waals surface area contributed by atoms with Gasteiger partial charge in [0, 0.05) is 18.8 Å². The van der Waals surface area contributed by atoms with Gasteiger partial charge in [0.2, 0.25) is 0 Å². The number of nitrogens with zero attached hydrogens (tertiary/aromatic N) is 1. The number of carbonyl (C=O) groups is 2. The monoisotopic (exact) mass is 298 g/mol. The summed E-state index contributed by atoms with van der Waals surface area (Å²) in [5, 5.41) is 11.4. The van der Waals surface area contributed by atoms with Gasteiger partial charge in [-0.2, -0.15) is 11.8 Å². The number of amides is 2. The molecule has 0 spiro atoms. The summed E-state index contributed by atoms with van der Waals surface area (Å²) in [6.07, 6.45) is 0.887. The van der Waals surface area contributed by atoms with Crippen molar-refractivity contribution in [2.24, 2.45) is 0 Å². The van der Waals surface area contributed by atoms with E-state index < -0.39 is 17.8 Å². The first kappa shape index (κ1) is 14.6. The molecule has 1 aromatic rings. The van der Waals surface area contributed by atoms with Crippen molar-refractivity contribution >= 4 is 29.4 Å². The number of hydrogen-bond acceptors (Lipinski definition) is 3. The second kappa shape index (κ2) is 6.13. The molecule has 1 aliphatic rings. The molecule has 20 heavy (non-hydrogen) atoms. The van der Waals surface area contributed by atoms with Gasteiger partial charge in [0.1, 0.15) is 5.82 Å². The number of anilines is 1. The van der Waals surface area contributed by atoms with Gasteiger partial charge in [-0.05, 0) is 24.3 Å². The lowest BCUT2D eigenvalue weighted by atomic mass is 10.1. The topological polar surface area (TPSA) is 69.6 Å². The molecule has 0 aromatic heterocycles. The van der Waals surface area contributed by atoms with E-state index >= 15 is 0 Å². The van der Waals surface area contributed by atoms with Gasteiger partial charge in [-0.1, -0.05) is 6.07 Å². The summed E-state index contributed by atoms with van der Waals surface area (Å²) in [7, 11) is 1.63. The predicted molar refractivity (Wildman–Crippen MR) is 75.9 cm³/mol. The number of thioether (sulfide) groups is 1. The Morgan fingerprint density at radius 1 is 1.50 bits per heavy atom. The van der Waals surface area contributed by atoms with Crippen LogP contribution in [0.2, 0.25) is 0 Å². The lowest BCUT2D eigenvalue weighted by Gasteiger charge is -2.24. The van der Waals surface area contributed by atoms with Crippen molar-refractivity contribution in [2.45, 2.75) is 12.5 Å². The number of nitrogens with one attached hydrogen (secondary N) is 1. The standard InChI is InChI=1S/C13H15FN2O3S/c1-16(8-5-6-20-7-8)13(19)15-11-9(12(17)18)3-2-4-10(11)14/h2-4,8H,5-7H2,1H3,(H,15,19)(H,17,18). The number of hydrogen-bond donors (Lipinski definition) is 2. The quantitative estimate of drug-likeness (QED) is 0.899. The molecule has 1 aliphatic heterocycles. The summed E-state index contributed by atoms with van der Waals surface area (Å²) in [6, 6.07) is 3.27. The van der Waals surface area contributed by atoms with Crippen LogP contribution >= 0.6 is 11.8 Å². The minimum absolute atomic E-state index is 0.0973. The van der Waals surface area contributed by atoms with Crippen LogP contribution in [0.4, 0.5) is 14.9 Å². The molecular weight excluding hydrogens is 283 g/mol. The molecule has 0 radical (unpaired) electrons. The van der Waals surface area contributed by atoms with E-state index in [4.69, 9.17) is 5.11 Å². The minimum Gasteiger partial charge on any atom is -0.478 e. The highest BCUT2D eigenvalue weighted by Gasteiger charge is 2.25. The molecule has 1 saturated heterocycles. The third-order valence-corrected chi connectivity index (χ3v) is 4.39. The second-order valence-corrected chi connectivity index (χ2v) is 5.68. The van der Waals surface area contributed by atoms with E-state index in [0.29, 0.717) is 0 Å². The number of aromatic carboxylic acids is 1. The molecule has 7 heteroatoms. The van der Waals surface area contributed by atoms with Gasteiger partial charge >= 0.3 is 12.0 Å². The number of urea groups is 1. The molecule has 1 atom stereocenters. The van der Waals surface area contributed by atoms with Gasteiger partial charge in [0.25, 0.3) is 0 Å². The Labute approximate surface area is 120 Å². The fourth-order valence-corrected chi connectivity index (χ4v) is 3.29. The van der Waals surface area contributed by atoms with Crippen LogP contribution in [0.25, 0.3) is 0 Å². The molecule has 2 N–H and O–H groups in total. The maximum atomic E-state index is 13.7. The second-order valence-electron chi connectivity index (χ2n) is 4.53. The molecule has 2 amide bonds. The molecule has 1 fully saturated rings. The molecule has 1 aromatic carbocycles. The molecule has 1 unspecified atom stereocenters. The minimum atomic E-state index is -1.28. The summed E-state index contributed by atoms with van der Waals surface area (Å²) < 4.78 is 13.7. The van der Waals surface area contributed by atoms with E-state index in [1.54, 1.807) is 18.8 Å². The van der Waals surface area contributed by atoms with Crippen LogP contribution in [0.15, 0.2) is 18.2 Å². The van der Waals surface area contributed by atoms with Crippen molar-refractivity contribution in [3.63, 3.8) is 0 Å². The highest BCUT2D eigenvalue weighted by Crippen LogP contribution is 2.24. The first-order valence-corrected chi connectivity index (χ1v) is 7.29. The molecule has 0 saturated carbocycles. The zero-order chi connectivity index (χ0) is 14.7. The molecule has 0 bridgehead atoms. The van der Waals surface area contributed by atoms with Gasteiger partial charge in [-0.15, -0.1) is 0 Å². The van der Waals surface area contributed by atoms with E-state index in [1.807, 2.05) is 0 Å². The van der Waals surface area contributed by atoms with Gasteiger partial charge in [0.15, 0.2) is 0 Å². The van der Waals surface area contributed by atoms with E-state index in [-0.39, 0.29) is 17.3 Å². The van der Waals surface area contributed by atoms with Gasteiger partial charge in [-0.25, -0.2) is 14.0 Å². The number of carbonyl (C=O) groups excluding carboxylic acids is 1. The van der Waals surface area contributed by atoms with E-state index in [0.717, 1.165) is 24.0 Å². The average molecular weight is 298 g/mol. The third-order valence-electron chi connectivity index (χ3n) is 3.25. The van der Waals surface area contributed by atoms with Gasteiger partial charge in [-0.3, -0.25) is 0 Å². The molecule has 0 aliphatic carbocycles. The SMILES string of the molecule is CN(C(=O)Nc1c(F)cccc1C(=O)O)C1CCSC1. The highest BCUT2D eigenvalue weighted by atomic mass is 32.2. The number of benzene rings is 1. The molecule has 1 heterocycles. The van der Waals surface area contributed by atoms with Crippen LogP contribution in [-0.4, -0.2) is 46.6 Å². The smallest absolute Gasteiger partial charge is 0.337 e. The van der Waals surface area contributed by atoms with Crippen molar-refractivity contribution < 1.29 is 19.1 Å².